The van der Waals surface area contributed by atoms with Crippen molar-refractivity contribution >= 4 is 31.5 Å². The first-order chi connectivity index (χ1) is 28.1. The van der Waals surface area contributed by atoms with E-state index in [1.54, 1.807) is 0 Å². The van der Waals surface area contributed by atoms with Crippen LogP contribution in [-0.4, -0.2) is 9.97 Å². The molecule has 8 aromatic carbocycles. The van der Waals surface area contributed by atoms with E-state index < -0.39 is 0 Å². The average molecular weight is 745 g/mol. The van der Waals surface area contributed by atoms with Crippen LogP contribution in [0.5, 0.6) is 0 Å². The normalized spacial score (nSPS) is 14.5. The van der Waals surface area contributed by atoms with Gasteiger partial charge in [0, 0.05) is 42.3 Å². The molecule has 0 amide bonds. The number of aromatic nitrogens is 2. The van der Waals surface area contributed by atoms with Crippen LogP contribution in [0.1, 0.15) is 23.6 Å². The summed E-state index contributed by atoms with van der Waals surface area (Å²) >= 11 is 1.83. The van der Waals surface area contributed by atoms with Gasteiger partial charge in [0.25, 0.3) is 0 Å². The third-order valence-corrected chi connectivity index (χ3v) is 12.9. The quantitative estimate of drug-likeness (QED) is 0.169. The van der Waals surface area contributed by atoms with Gasteiger partial charge in [-0.2, -0.15) is 0 Å². The Hall–Kier alpha value is -6.94. The molecule has 3 heteroatoms. The van der Waals surface area contributed by atoms with Crippen molar-refractivity contribution in [2.75, 3.05) is 0 Å². The molecule has 1 atom stereocenters. The first-order valence-electron chi connectivity index (χ1n) is 19.5. The van der Waals surface area contributed by atoms with Gasteiger partial charge in [-0.15, -0.1) is 11.3 Å². The summed E-state index contributed by atoms with van der Waals surface area (Å²) in [6.07, 6.45) is 0. The lowest BCUT2D eigenvalue weighted by molar-refractivity contribution is 0.716. The number of benzene rings is 8. The minimum atomic E-state index is -0.347. The zero-order chi connectivity index (χ0) is 37.9. The van der Waals surface area contributed by atoms with E-state index in [1.807, 2.05) is 17.4 Å². The van der Waals surface area contributed by atoms with Crippen molar-refractivity contribution in [3.05, 3.63) is 217 Å². The minimum Gasteiger partial charge on any atom is -0.228 e. The fraction of sp³-hybridized carbons (Fsp3) is 0.0370. The van der Waals surface area contributed by atoms with Gasteiger partial charge >= 0.3 is 0 Å². The highest BCUT2D eigenvalue weighted by Crippen LogP contribution is 2.55. The van der Waals surface area contributed by atoms with Crippen LogP contribution in [0, 0.1) is 0 Å². The first-order valence-corrected chi connectivity index (χ1v) is 20.3. The van der Waals surface area contributed by atoms with Crippen molar-refractivity contribution in [2.24, 2.45) is 0 Å². The fourth-order valence-corrected chi connectivity index (χ4v) is 10.1. The lowest BCUT2D eigenvalue weighted by atomic mass is 9.72. The van der Waals surface area contributed by atoms with E-state index in [0.29, 0.717) is 5.82 Å². The highest BCUT2D eigenvalue weighted by Gasteiger charge is 2.42. The fourth-order valence-electron chi connectivity index (χ4n) is 8.99. The van der Waals surface area contributed by atoms with Crippen LogP contribution in [-0.2, 0) is 5.41 Å². The largest absolute Gasteiger partial charge is 0.228 e. The van der Waals surface area contributed by atoms with Crippen molar-refractivity contribution in [1.82, 2.24) is 9.97 Å². The SMILES string of the molecule is CC1(c2ccccc2)c2ccccc2-c2cccc(-c3cc(-c4ccccc4)cc(-c4cc(-c5ccc6sc7ccccc7c6c5)nc(-c5ccccc5)n4)c3)c21. The zero-order valence-electron chi connectivity index (χ0n) is 31.4. The molecule has 0 N–H and O–H groups in total. The Morgan fingerprint density at radius 2 is 0.982 bits per heavy atom. The first kappa shape index (κ1) is 33.4. The zero-order valence-corrected chi connectivity index (χ0v) is 32.2. The number of nitrogens with zero attached hydrogens (tertiary/aromatic N) is 2. The van der Waals surface area contributed by atoms with Gasteiger partial charge in [0.15, 0.2) is 5.82 Å². The molecule has 2 nitrogen and oxygen atoms in total. The average Bonchev–Trinajstić information content (AvgIpc) is 3.80. The third kappa shape index (κ3) is 5.54. The van der Waals surface area contributed by atoms with Crippen molar-refractivity contribution < 1.29 is 0 Å². The number of thiophene rings is 1. The van der Waals surface area contributed by atoms with Crippen LogP contribution in [0.3, 0.4) is 0 Å². The maximum Gasteiger partial charge on any atom is 0.160 e. The standard InChI is InChI=1S/C54H36N2S/c1-54(41-20-9-4-10-21-41)47-26-13-11-22-43(47)45-25-15-24-42(52(45)54)39-30-38(35-16-5-2-6-17-35)31-40(32-39)49-34-48(55-53(56-49)36-18-7-3-8-19-36)37-28-29-51-46(33-37)44-23-12-14-27-50(44)57-51/h2-34H,1H3. The van der Waals surface area contributed by atoms with Crippen LogP contribution in [0.2, 0.25) is 0 Å². The molecule has 0 spiro atoms. The molecular formula is C54H36N2S. The summed E-state index contributed by atoms with van der Waals surface area (Å²) in [5.74, 6) is 0.706. The minimum absolute atomic E-state index is 0.347. The molecule has 0 saturated carbocycles. The van der Waals surface area contributed by atoms with E-state index in [0.717, 1.165) is 44.8 Å². The van der Waals surface area contributed by atoms with Gasteiger partial charge in [-0.3, -0.25) is 0 Å². The number of hydrogen-bond acceptors (Lipinski definition) is 3. The van der Waals surface area contributed by atoms with Crippen LogP contribution in [0.15, 0.2) is 200 Å². The van der Waals surface area contributed by atoms with E-state index >= 15 is 0 Å². The Kier molecular flexibility index (Phi) is 7.84. The Bertz CT molecular complexity index is 3130. The summed E-state index contributed by atoms with van der Waals surface area (Å²) in [6, 6.07) is 72.4. The molecule has 2 heterocycles. The highest BCUT2D eigenvalue weighted by atomic mass is 32.1. The molecule has 1 aliphatic rings. The van der Waals surface area contributed by atoms with Crippen molar-refractivity contribution in [2.45, 2.75) is 12.3 Å². The van der Waals surface area contributed by atoms with E-state index in [2.05, 4.69) is 201 Å². The summed E-state index contributed by atoms with van der Waals surface area (Å²) in [4.78, 5) is 10.6. The molecular weight excluding hydrogens is 709 g/mol. The van der Waals surface area contributed by atoms with Crippen molar-refractivity contribution in [3.8, 4) is 67.3 Å². The Morgan fingerprint density at radius 3 is 1.79 bits per heavy atom. The molecule has 11 rings (SSSR count). The highest BCUT2D eigenvalue weighted by molar-refractivity contribution is 7.25. The topological polar surface area (TPSA) is 25.8 Å². The summed E-state index contributed by atoms with van der Waals surface area (Å²) in [7, 11) is 0. The maximum absolute atomic E-state index is 5.34. The molecule has 0 bridgehead atoms. The number of hydrogen-bond donors (Lipinski definition) is 0. The second-order valence-electron chi connectivity index (χ2n) is 15.1. The predicted molar refractivity (Wildman–Crippen MR) is 240 cm³/mol. The van der Waals surface area contributed by atoms with Crippen molar-refractivity contribution in [1.29, 1.82) is 0 Å². The van der Waals surface area contributed by atoms with E-state index in [9.17, 15) is 0 Å². The molecule has 0 radical (unpaired) electrons. The monoisotopic (exact) mass is 744 g/mol. The lowest BCUT2D eigenvalue weighted by Gasteiger charge is -2.30. The van der Waals surface area contributed by atoms with Gasteiger partial charge < -0.3 is 0 Å². The second-order valence-corrected chi connectivity index (χ2v) is 16.2. The third-order valence-electron chi connectivity index (χ3n) is 11.7. The Morgan fingerprint density at radius 1 is 0.386 bits per heavy atom. The maximum atomic E-state index is 5.34. The summed E-state index contributed by atoms with van der Waals surface area (Å²) < 4.78 is 2.57. The van der Waals surface area contributed by atoms with Crippen LogP contribution in [0.4, 0.5) is 0 Å². The van der Waals surface area contributed by atoms with Gasteiger partial charge in [0.05, 0.1) is 11.4 Å². The Labute approximate surface area is 336 Å². The van der Waals surface area contributed by atoms with Gasteiger partial charge in [-0.25, -0.2) is 9.97 Å². The molecule has 1 aliphatic carbocycles. The smallest absolute Gasteiger partial charge is 0.160 e. The molecule has 1 unspecified atom stereocenters. The van der Waals surface area contributed by atoms with E-state index in [1.165, 1.54) is 53.6 Å². The number of fused-ring (bicyclic) bond motifs is 6. The van der Waals surface area contributed by atoms with E-state index in [4.69, 9.17) is 9.97 Å². The summed E-state index contributed by atoms with van der Waals surface area (Å²) in [6.45, 7) is 2.40. The molecule has 57 heavy (non-hydrogen) atoms. The molecule has 0 saturated heterocycles. The lowest BCUT2D eigenvalue weighted by Crippen LogP contribution is -2.23. The molecule has 0 aliphatic heterocycles. The summed E-state index contributed by atoms with van der Waals surface area (Å²) in [5, 5.41) is 2.53. The number of rotatable bonds is 6. The Balaban J connectivity index is 1.16. The van der Waals surface area contributed by atoms with Gasteiger partial charge in [0.1, 0.15) is 0 Å². The summed E-state index contributed by atoms with van der Waals surface area (Å²) in [5.41, 5.74) is 15.8. The molecule has 268 valence electrons. The van der Waals surface area contributed by atoms with Gasteiger partial charge in [0.2, 0.25) is 0 Å². The van der Waals surface area contributed by atoms with E-state index in [-0.39, 0.29) is 5.41 Å². The van der Waals surface area contributed by atoms with Gasteiger partial charge in [-0.05, 0) is 99.5 Å². The predicted octanol–water partition coefficient (Wildman–Crippen LogP) is 14.5. The second kappa shape index (κ2) is 13.4. The van der Waals surface area contributed by atoms with Crippen LogP contribution >= 0.6 is 11.3 Å². The van der Waals surface area contributed by atoms with Gasteiger partial charge in [-0.1, -0.05) is 158 Å². The van der Waals surface area contributed by atoms with Crippen LogP contribution in [0.25, 0.3) is 87.5 Å². The molecule has 10 aromatic rings. The van der Waals surface area contributed by atoms with Crippen molar-refractivity contribution in [3.63, 3.8) is 0 Å². The van der Waals surface area contributed by atoms with Crippen LogP contribution < -0.4 is 0 Å². The molecule has 2 aromatic heterocycles. The molecule has 0 fully saturated rings.